The predicted octanol–water partition coefficient (Wildman–Crippen LogP) is 2.20. The molecule has 3 rings (SSSR count). The van der Waals surface area contributed by atoms with Crippen molar-refractivity contribution in [2.24, 2.45) is 0 Å². The van der Waals surface area contributed by atoms with Crippen LogP contribution < -0.4 is 0 Å². The molecule has 1 atom stereocenters. The van der Waals surface area contributed by atoms with Crippen LogP contribution in [0.3, 0.4) is 0 Å². The lowest BCUT2D eigenvalue weighted by molar-refractivity contribution is 0.0531. The minimum atomic E-state index is -0.484. The highest BCUT2D eigenvalue weighted by atomic mass is 32.1. The van der Waals surface area contributed by atoms with Crippen LogP contribution in [0.1, 0.15) is 33.3 Å². The van der Waals surface area contributed by atoms with E-state index >= 15 is 0 Å². The maximum Gasteiger partial charge on any atom is 0.265 e. The van der Waals surface area contributed by atoms with Crippen molar-refractivity contribution in [1.29, 1.82) is 0 Å². The number of aryl methyl sites for hydroxylation is 1. The smallest absolute Gasteiger partial charge is 0.265 e. The van der Waals surface area contributed by atoms with Crippen molar-refractivity contribution in [2.75, 3.05) is 32.7 Å². The molecule has 6 heteroatoms. The van der Waals surface area contributed by atoms with Gasteiger partial charge >= 0.3 is 0 Å². The molecule has 1 unspecified atom stereocenters. The third-order valence-corrected chi connectivity index (χ3v) is 5.47. The fraction of sp³-hybridized carbons (Fsp3) is 0.444. The van der Waals surface area contributed by atoms with Gasteiger partial charge in [0.2, 0.25) is 0 Å². The third-order valence-electron chi connectivity index (χ3n) is 4.34. The first-order valence-corrected chi connectivity index (χ1v) is 9.18. The van der Waals surface area contributed by atoms with E-state index in [9.17, 15) is 9.90 Å². The van der Waals surface area contributed by atoms with Crippen LogP contribution in [-0.4, -0.2) is 58.5 Å². The molecule has 0 saturated carbocycles. The number of hydrogen-bond acceptors (Lipinski definition) is 5. The first kappa shape index (κ1) is 17.1. The molecule has 1 saturated heterocycles. The minimum absolute atomic E-state index is 0.0791. The summed E-state index contributed by atoms with van der Waals surface area (Å²) >= 11 is 1.49. The number of aliphatic hydroxyl groups excluding tert-OH is 1. The number of aliphatic hydroxyl groups is 1. The van der Waals surface area contributed by atoms with E-state index in [0.29, 0.717) is 19.6 Å². The number of nitrogens with zero attached hydrogens (tertiary/aromatic N) is 3. The Hall–Kier alpha value is -1.76. The van der Waals surface area contributed by atoms with Gasteiger partial charge < -0.3 is 10.0 Å². The van der Waals surface area contributed by atoms with Crippen LogP contribution in [0, 0.1) is 0 Å². The van der Waals surface area contributed by atoms with Crippen molar-refractivity contribution >= 4 is 17.2 Å². The fourth-order valence-electron chi connectivity index (χ4n) is 2.89. The Kier molecular flexibility index (Phi) is 5.60. The molecule has 2 heterocycles. The van der Waals surface area contributed by atoms with Crippen molar-refractivity contribution in [2.45, 2.75) is 19.4 Å². The number of amides is 1. The molecule has 0 spiro atoms. The molecular weight excluding hydrogens is 322 g/mol. The highest BCUT2D eigenvalue weighted by molar-refractivity contribution is 7.13. The van der Waals surface area contributed by atoms with Crippen molar-refractivity contribution in [1.82, 2.24) is 14.8 Å². The summed E-state index contributed by atoms with van der Waals surface area (Å²) in [6.07, 6.45) is 2.07. The molecule has 1 aromatic heterocycles. The van der Waals surface area contributed by atoms with Gasteiger partial charge in [-0.1, -0.05) is 37.3 Å². The van der Waals surface area contributed by atoms with Crippen LogP contribution in [0.25, 0.3) is 0 Å². The van der Waals surface area contributed by atoms with Crippen LogP contribution in [0.5, 0.6) is 0 Å². The summed E-state index contributed by atoms with van der Waals surface area (Å²) in [5.74, 6) is 0.0791. The van der Waals surface area contributed by atoms with Crippen LogP contribution in [0.2, 0.25) is 0 Å². The maximum atomic E-state index is 12.5. The lowest BCUT2D eigenvalue weighted by Gasteiger charge is -2.35. The lowest BCUT2D eigenvalue weighted by Crippen LogP contribution is -2.49. The van der Waals surface area contributed by atoms with Crippen molar-refractivity contribution in [3.63, 3.8) is 0 Å². The van der Waals surface area contributed by atoms with E-state index in [4.69, 9.17) is 0 Å². The summed E-state index contributed by atoms with van der Waals surface area (Å²) in [6, 6.07) is 9.71. The highest BCUT2D eigenvalue weighted by Gasteiger charge is 2.24. The molecule has 1 amide bonds. The number of benzene rings is 1. The Morgan fingerprint density at radius 3 is 2.58 bits per heavy atom. The van der Waals surface area contributed by atoms with E-state index in [0.717, 1.165) is 35.0 Å². The summed E-state index contributed by atoms with van der Waals surface area (Å²) in [5, 5.41) is 11.3. The molecule has 1 fully saturated rings. The second kappa shape index (κ2) is 7.88. The number of hydrogen-bond donors (Lipinski definition) is 1. The number of thiazole rings is 1. The van der Waals surface area contributed by atoms with Gasteiger partial charge in [-0.2, -0.15) is 0 Å². The Balaban J connectivity index is 1.51. The topological polar surface area (TPSA) is 56.7 Å². The summed E-state index contributed by atoms with van der Waals surface area (Å²) < 4.78 is 0. The average Bonchev–Trinajstić information content (AvgIpc) is 3.11. The summed E-state index contributed by atoms with van der Waals surface area (Å²) in [5.41, 5.74) is 0.938. The largest absolute Gasteiger partial charge is 0.387 e. The Bertz CT molecular complexity index is 666. The molecule has 1 aromatic carbocycles. The summed E-state index contributed by atoms with van der Waals surface area (Å²) in [4.78, 5) is 21.6. The zero-order valence-corrected chi connectivity index (χ0v) is 14.7. The predicted molar refractivity (Wildman–Crippen MR) is 95.2 cm³/mol. The zero-order chi connectivity index (χ0) is 16.9. The number of carbonyl (C=O) groups excluding carboxylic acids is 1. The standard InChI is InChI=1S/C18H23N3O2S/c1-2-17-19-12-16(24-17)18(23)21-10-8-20(9-11-21)13-15(22)14-6-4-3-5-7-14/h3-7,12,15,22H,2,8-11,13H2,1H3. The molecule has 2 aromatic rings. The average molecular weight is 345 g/mol. The summed E-state index contributed by atoms with van der Waals surface area (Å²) in [6.45, 7) is 5.61. The molecule has 128 valence electrons. The van der Waals surface area contributed by atoms with E-state index in [1.165, 1.54) is 11.3 Å². The Labute approximate surface area is 146 Å². The molecular formula is C18H23N3O2S. The number of rotatable bonds is 5. The van der Waals surface area contributed by atoms with Crippen LogP contribution in [0.15, 0.2) is 36.5 Å². The van der Waals surface area contributed by atoms with Gasteiger partial charge in [0.05, 0.1) is 17.3 Å². The second-order valence-electron chi connectivity index (χ2n) is 5.99. The molecule has 0 radical (unpaired) electrons. The van der Waals surface area contributed by atoms with Gasteiger partial charge in [-0.25, -0.2) is 4.98 Å². The molecule has 1 aliphatic rings. The number of carbonyl (C=O) groups is 1. The van der Waals surface area contributed by atoms with Gasteiger partial charge in [0.1, 0.15) is 4.88 Å². The van der Waals surface area contributed by atoms with Crippen LogP contribution >= 0.6 is 11.3 Å². The molecule has 24 heavy (non-hydrogen) atoms. The first-order valence-electron chi connectivity index (χ1n) is 8.36. The van der Waals surface area contributed by atoms with Crippen molar-refractivity contribution in [3.05, 3.63) is 52.0 Å². The monoisotopic (exact) mass is 345 g/mol. The van der Waals surface area contributed by atoms with Crippen LogP contribution in [0.4, 0.5) is 0 Å². The van der Waals surface area contributed by atoms with E-state index in [1.807, 2.05) is 42.2 Å². The molecule has 1 aliphatic heterocycles. The first-order chi connectivity index (χ1) is 11.7. The van der Waals surface area contributed by atoms with E-state index < -0.39 is 6.10 Å². The normalized spacial score (nSPS) is 17.0. The van der Waals surface area contributed by atoms with Gasteiger partial charge in [-0.3, -0.25) is 9.69 Å². The SMILES string of the molecule is CCc1ncc(C(=O)N2CCN(CC(O)c3ccccc3)CC2)s1. The number of piperazine rings is 1. The van der Waals surface area contributed by atoms with Gasteiger partial charge in [0, 0.05) is 32.7 Å². The Morgan fingerprint density at radius 1 is 1.25 bits per heavy atom. The number of aromatic nitrogens is 1. The van der Waals surface area contributed by atoms with Gasteiger partial charge in [0.15, 0.2) is 0 Å². The van der Waals surface area contributed by atoms with Gasteiger partial charge in [0.25, 0.3) is 5.91 Å². The van der Waals surface area contributed by atoms with E-state index in [1.54, 1.807) is 6.20 Å². The zero-order valence-electron chi connectivity index (χ0n) is 13.9. The third kappa shape index (κ3) is 4.01. The second-order valence-corrected chi connectivity index (χ2v) is 7.11. The molecule has 0 aliphatic carbocycles. The van der Waals surface area contributed by atoms with Gasteiger partial charge in [-0.15, -0.1) is 11.3 Å². The summed E-state index contributed by atoms with van der Waals surface area (Å²) in [7, 11) is 0. The maximum absolute atomic E-state index is 12.5. The van der Waals surface area contributed by atoms with Crippen molar-refractivity contribution < 1.29 is 9.90 Å². The highest BCUT2D eigenvalue weighted by Crippen LogP contribution is 2.18. The number of β-amino-alcohol motifs (C(OH)–C–C–N with tert-alkyl or cyclic N) is 1. The van der Waals surface area contributed by atoms with Crippen molar-refractivity contribution in [3.8, 4) is 0 Å². The molecule has 0 bridgehead atoms. The van der Waals surface area contributed by atoms with Gasteiger partial charge in [-0.05, 0) is 12.0 Å². The Morgan fingerprint density at radius 2 is 1.96 bits per heavy atom. The van der Waals surface area contributed by atoms with Crippen LogP contribution in [-0.2, 0) is 6.42 Å². The molecule has 5 nitrogen and oxygen atoms in total. The van der Waals surface area contributed by atoms with E-state index in [-0.39, 0.29) is 5.91 Å². The van der Waals surface area contributed by atoms with E-state index in [2.05, 4.69) is 9.88 Å². The quantitative estimate of drug-likeness (QED) is 0.903. The molecule has 1 N–H and O–H groups in total. The minimum Gasteiger partial charge on any atom is -0.387 e. The lowest BCUT2D eigenvalue weighted by atomic mass is 10.1. The fourth-order valence-corrected chi connectivity index (χ4v) is 3.71.